The van der Waals surface area contributed by atoms with Crippen molar-refractivity contribution in [3.63, 3.8) is 0 Å². The van der Waals surface area contributed by atoms with E-state index in [4.69, 9.17) is 15.7 Å². The molecule has 33 heavy (non-hydrogen) atoms. The number of hydrogen-bond donors (Lipinski definition) is 2. The first-order valence-electron chi connectivity index (χ1n) is 10.8. The quantitative estimate of drug-likeness (QED) is 0.349. The van der Waals surface area contributed by atoms with E-state index in [0.29, 0.717) is 18.7 Å². The van der Waals surface area contributed by atoms with E-state index >= 15 is 0 Å². The van der Waals surface area contributed by atoms with Gasteiger partial charge in [-0.3, -0.25) is 4.40 Å². The summed E-state index contributed by atoms with van der Waals surface area (Å²) in [6.45, 7) is 2.07. The average molecular weight is 509 g/mol. The Morgan fingerprint density at radius 2 is 1.88 bits per heavy atom. The normalized spacial score (nSPS) is 17.6. The maximum atomic E-state index is 9.83. The van der Waals surface area contributed by atoms with Crippen molar-refractivity contribution < 1.29 is 37.8 Å². The molecule has 3 N–H and O–H groups in total. The Morgan fingerprint density at radius 3 is 2.64 bits per heavy atom. The molecule has 3 heterocycles. The molecule has 161 valence electrons. The minimum Gasteiger partial charge on any atom is -0.393 e. The van der Waals surface area contributed by atoms with Crippen molar-refractivity contribution in [3.8, 4) is 22.5 Å². The number of hydrogen-bond acceptors (Lipinski definition) is 5. The van der Waals surface area contributed by atoms with Gasteiger partial charge in [-0.15, -0.1) is 23.6 Å². The third-order valence-electron chi connectivity index (χ3n) is 6.44. The average Bonchev–Trinajstić information content (AvgIpc) is 3.18. The van der Waals surface area contributed by atoms with Crippen molar-refractivity contribution in [2.75, 3.05) is 5.73 Å². The Labute approximate surface area is 216 Å². The van der Waals surface area contributed by atoms with Gasteiger partial charge in [0.1, 0.15) is 17.2 Å². The number of pyridine rings is 1. The van der Waals surface area contributed by atoms with Gasteiger partial charge >= 0.3 is 0 Å². The van der Waals surface area contributed by atoms with E-state index in [1.54, 1.807) is 6.20 Å². The summed E-state index contributed by atoms with van der Waals surface area (Å²) in [5.74, 6) is 1.58. The van der Waals surface area contributed by atoms with E-state index in [0.717, 1.165) is 50.3 Å². The van der Waals surface area contributed by atoms with Crippen LogP contribution in [0.15, 0.2) is 60.9 Å². The molecule has 2 aromatic carbocycles. The van der Waals surface area contributed by atoms with E-state index in [1.165, 1.54) is 0 Å². The number of aliphatic hydroxyl groups excluding tert-OH is 1. The first-order chi connectivity index (χ1) is 15.6. The molecule has 0 saturated heterocycles. The Kier molecular flexibility index (Phi) is 5.77. The summed E-state index contributed by atoms with van der Waals surface area (Å²) < 4.78 is 2.03. The monoisotopic (exact) mass is 509 g/mol. The number of anilines is 1. The second-order valence-electron chi connectivity index (χ2n) is 8.46. The van der Waals surface area contributed by atoms with Gasteiger partial charge in [0.25, 0.3) is 0 Å². The van der Waals surface area contributed by atoms with E-state index in [2.05, 4.69) is 36.2 Å². The Bertz CT molecular complexity index is 1480. The molecular weight excluding hydrogens is 487 g/mol. The van der Waals surface area contributed by atoms with Crippen LogP contribution in [0.2, 0.25) is 0 Å². The zero-order chi connectivity index (χ0) is 21.8. The van der Waals surface area contributed by atoms with Crippen LogP contribution in [0.25, 0.3) is 38.9 Å². The molecule has 1 saturated carbocycles. The van der Waals surface area contributed by atoms with Gasteiger partial charge in [-0.25, -0.2) is 9.97 Å². The van der Waals surface area contributed by atoms with Crippen molar-refractivity contribution in [1.82, 2.24) is 19.4 Å². The molecule has 0 atom stereocenters. The SMILES string of the molecule is Cc1c(-c2nc(C3CC(O)C3)n3ccnc(N)c23)ccc2[c-]cc(-c3ccccc3)nc12.[Y]. The van der Waals surface area contributed by atoms with E-state index < -0.39 is 0 Å². The summed E-state index contributed by atoms with van der Waals surface area (Å²) in [6.07, 6.45) is 4.78. The molecule has 1 radical (unpaired) electrons. The van der Waals surface area contributed by atoms with Gasteiger partial charge in [-0.1, -0.05) is 42.0 Å². The van der Waals surface area contributed by atoms with Gasteiger partial charge in [0.2, 0.25) is 0 Å². The summed E-state index contributed by atoms with van der Waals surface area (Å²) in [4.78, 5) is 14.3. The van der Waals surface area contributed by atoms with Gasteiger partial charge in [-0.05, 0) is 42.1 Å². The van der Waals surface area contributed by atoms with Crippen molar-refractivity contribution in [1.29, 1.82) is 0 Å². The predicted octanol–water partition coefficient (Wildman–Crippen LogP) is 4.54. The maximum Gasteiger partial charge on any atom is 0.150 e. The summed E-state index contributed by atoms with van der Waals surface area (Å²) in [6, 6.07) is 19.5. The Hall–Kier alpha value is -2.67. The van der Waals surface area contributed by atoms with Crippen molar-refractivity contribution >= 4 is 22.2 Å². The second kappa shape index (κ2) is 8.60. The van der Waals surface area contributed by atoms with Gasteiger partial charge in [0, 0.05) is 51.0 Å². The number of nitrogens with two attached hydrogens (primary N) is 1. The molecule has 1 aliphatic carbocycles. The van der Waals surface area contributed by atoms with Crippen molar-refractivity contribution in [2.45, 2.75) is 31.8 Å². The molecule has 5 aromatic rings. The van der Waals surface area contributed by atoms with Gasteiger partial charge in [-0.2, -0.15) is 0 Å². The molecule has 6 nitrogen and oxygen atoms in total. The molecule has 1 aliphatic rings. The number of aliphatic hydroxyl groups is 1. The maximum absolute atomic E-state index is 9.83. The fourth-order valence-electron chi connectivity index (χ4n) is 4.63. The Balaban J connectivity index is 0.00000228. The molecule has 0 bridgehead atoms. The molecule has 0 amide bonds. The molecule has 0 spiro atoms. The fourth-order valence-corrected chi connectivity index (χ4v) is 4.63. The fraction of sp³-hybridized carbons (Fsp3) is 0.192. The van der Waals surface area contributed by atoms with Crippen LogP contribution in [0.3, 0.4) is 0 Å². The third kappa shape index (κ3) is 3.66. The number of nitrogen functional groups attached to an aromatic ring is 1. The number of rotatable bonds is 3. The third-order valence-corrected chi connectivity index (χ3v) is 6.44. The van der Waals surface area contributed by atoms with Gasteiger partial charge in [0.05, 0.1) is 11.8 Å². The zero-order valence-corrected chi connectivity index (χ0v) is 21.1. The van der Waals surface area contributed by atoms with Crippen molar-refractivity contribution in [2.24, 2.45) is 0 Å². The predicted molar refractivity (Wildman–Crippen MR) is 125 cm³/mol. The summed E-state index contributed by atoms with van der Waals surface area (Å²) >= 11 is 0. The summed E-state index contributed by atoms with van der Waals surface area (Å²) in [5, 5.41) is 10.8. The zero-order valence-electron chi connectivity index (χ0n) is 18.2. The molecule has 7 heteroatoms. The standard InChI is InChI=1S/C26H22N5O.Y/c1-15-20(9-7-17-8-10-21(29-22(15)17)16-5-3-2-4-6-16)23-24-25(27)28-11-12-31(24)26(30-23)18-13-19(32)14-18;/h2-7,9-12,18-19,32H,13-14H2,1H3,(H2,27,28);/q-1;. The number of fused-ring (bicyclic) bond motifs is 2. The van der Waals surface area contributed by atoms with Crippen LogP contribution in [0, 0.1) is 13.0 Å². The topological polar surface area (TPSA) is 89.3 Å². The largest absolute Gasteiger partial charge is 0.393 e. The Morgan fingerprint density at radius 1 is 1.09 bits per heavy atom. The molecular formula is C26H22N5OY-. The minimum atomic E-state index is -0.256. The summed E-state index contributed by atoms with van der Waals surface area (Å²) in [5.41, 5.74) is 12.8. The molecule has 0 aliphatic heterocycles. The molecule has 0 unspecified atom stereocenters. The minimum absolute atomic E-state index is 0. The number of aromatic nitrogens is 4. The smallest absolute Gasteiger partial charge is 0.150 e. The number of benzene rings is 2. The molecule has 1 fully saturated rings. The number of nitrogens with zero attached hydrogens (tertiary/aromatic N) is 4. The van der Waals surface area contributed by atoms with Crippen LogP contribution in [0.5, 0.6) is 0 Å². The van der Waals surface area contributed by atoms with Crippen LogP contribution in [-0.2, 0) is 32.7 Å². The van der Waals surface area contributed by atoms with E-state index in [1.807, 2.05) is 40.9 Å². The van der Waals surface area contributed by atoms with Crippen LogP contribution < -0.4 is 5.73 Å². The van der Waals surface area contributed by atoms with Crippen LogP contribution >= 0.6 is 0 Å². The first kappa shape index (κ1) is 22.1. The van der Waals surface area contributed by atoms with E-state index in [9.17, 15) is 5.11 Å². The van der Waals surface area contributed by atoms with Crippen LogP contribution in [0.4, 0.5) is 5.82 Å². The number of aryl methyl sites for hydroxylation is 1. The van der Waals surface area contributed by atoms with Gasteiger partial charge in [0.15, 0.2) is 0 Å². The molecule has 3 aromatic heterocycles. The summed E-state index contributed by atoms with van der Waals surface area (Å²) in [7, 11) is 0. The van der Waals surface area contributed by atoms with Gasteiger partial charge < -0.3 is 15.8 Å². The van der Waals surface area contributed by atoms with Crippen molar-refractivity contribution in [3.05, 3.63) is 78.4 Å². The van der Waals surface area contributed by atoms with Crippen LogP contribution in [-0.4, -0.2) is 30.6 Å². The number of imidazole rings is 1. The van der Waals surface area contributed by atoms with E-state index in [-0.39, 0.29) is 44.7 Å². The first-order valence-corrected chi connectivity index (χ1v) is 10.8. The molecule has 6 rings (SSSR count). The second-order valence-corrected chi connectivity index (χ2v) is 8.46. The van der Waals surface area contributed by atoms with Crippen LogP contribution in [0.1, 0.15) is 30.1 Å².